The first-order valence-electron chi connectivity index (χ1n) is 8.21. The number of amides is 2. The molecule has 1 aliphatic heterocycles. The highest BCUT2D eigenvalue weighted by atomic mass is 16.6. The highest BCUT2D eigenvalue weighted by Crippen LogP contribution is 2.24. The molecule has 5 nitrogen and oxygen atoms in total. The molecule has 2 amide bonds. The molecule has 0 spiro atoms. The number of carbonyl (C=O) groups is 2. The normalized spacial score (nSPS) is 17.7. The lowest BCUT2D eigenvalue weighted by atomic mass is 10.0. The quantitative estimate of drug-likeness (QED) is 0.875. The zero-order valence-corrected chi connectivity index (χ0v) is 14.3. The van der Waals surface area contributed by atoms with E-state index in [1.807, 2.05) is 38.1 Å². The van der Waals surface area contributed by atoms with Gasteiger partial charge in [0.05, 0.1) is 13.1 Å². The molecule has 0 aliphatic carbocycles. The summed E-state index contributed by atoms with van der Waals surface area (Å²) in [5.74, 6) is 0.770. The van der Waals surface area contributed by atoms with Gasteiger partial charge in [-0.3, -0.25) is 9.69 Å². The first-order chi connectivity index (χ1) is 10.9. The van der Waals surface area contributed by atoms with Crippen LogP contribution in [0.25, 0.3) is 0 Å². The lowest BCUT2D eigenvalue weighted by Gasteiger charge is -2.14. The summed E-state index contributed by atoms with van der Waals surface area (Å²) in [6.45, 7) is 9.08. The molecule has 0 radical (unpaired) electrons. The molecular weight excluding hydrogens is 292 g/mol. The Kier molecular flexibility index (Phi) is 5.64. The Labute approximate surface area is 138 Å². The van der Waals surface area contributed by atoms with Crippen LogP contribution in [-0.2, 0) is 9.53 Å². The van der Waals surface area contributed by atoms with Gasteiger partial charge in [-0.05, 0) is 29.5 Å². The van der Waals surface area contributed by atoms with Crippen LogP contribution in [0.1, 0.15) is 45.6 Å². The molecule has 1 N–H and O–H groups in total. The zero-order chi connectivity index (χ0) is 17.0. The van der Waals surface area contributed by atoms with E-state index in [1.165, 1.54) is 5.56 Å². The zero-order valence-electron chi connectivity index (χ0n) is 14.3. The summed E-state index contributed by atoms with van der Waals surface area (Å²) >= 11 is 0. The van der Waals surface area contributed by atoms with Crippen molar-refractivity contribution in [3.8, 4) is 0 Å². The van der Waals surface area contributed by atoms with Crippen LogP contribution in [0, 0.1) is 5.92 Å². The second kappa shape index (κ2) is 7.49. The van der Waals surface area contributed by atoms with Gasteiger partial charge in [0.15, 0.2) is 0 Å². The van der Waals surface area contributed by atoms with Gasteiger partial charge in [0, 0.05) is 12.1 Å². The lowest BCUT2D eigenvalue weighted by molar-refractivity contribution is -0.122. The van der Waals surface area contributed by atoms with Gasteiger partial charge in [0.1, 0.15) is 6.10 Å². The minimum absolute atomic E-state index is 0.00390. The molecule has 23 heavy (non-hydrogen) atoms. The predicted octanol–water partition coefficient (Wildman–Crippen LogP) is 3.30. The number of rotatable bonds is 6. The van der Waals surface area contributed by atoms with E-state index in [2.05, 4.69) is 19.2 Å². The highest BCUT2D eigenvalue weighted by molar-refractivity contribution is 5.89. The van der Waals surface area contributed by atoms with Crippen molar-refractivity contribution in [2.45, 2.75) is 46.1 Å². The number of anilines is 1. The summed E-state index contributed by atoms with van der Waals surface area (Å²) in [7, 11) is 0. The number of ether oxygens (including phenoxy) is 1. The standard InChI is InChI=1S/C18H26N2O3/c1-12(2)9-17(21)19-10-16-11-20(18(22)23-16)15-7-5-14(6-8-15)13(3)4/h5-8,12-13,16H,9-11H2,1-4H3,(H,19,21). The average molecular weight is 318 g/mol. The van der Waals surface area contributed by atoms with Crippen molar-refractivity contribution in [3.63, 3.8) is 0 Å². The minimum atomic E-state index is -0.356. The van der Waals surface area contributed by atoms with E-state index >= 15 is 0 Å². The second-order valence-electron chi connectivity index (χ2n) is 6.76. The van der Waals surface area contributed by atoms with Gasteiger partial charge in [0.2, 0.25) is 5.91 Å². The molecule has 1 saturated heterocycles. The van der Waals surface area contributed by atoms with Crippen LogP contribution >= 0.6 is 0 Å². The van der Waals surface area contributed by atoms with Crippen molar-refractivity contribution in [1.82, 2.24) is 5.32 Å². The van der Waals surface area contributed by atoms with Crippen molar-refractivity contribution >= 4 is 17.7 Å². The fourth-order valence-corrected chi connectivity index (χ4v) is 2.55. The Morgan fingerprint density at radius 2 is 1.91 bits per heavy atom. The van der Waals surface area contributed by atoms with E-state index in [1.54, 1.807) is 4.90 Å². The molecule has 0 aromatic heterocycles. The molecule has 1 aromatic rings. The van der Waals surface area contributed by atoms with Gasteiger partial charge in [-0.2, -0.15) is 0 Å². The Balaban J connectivity index is 1.90. The molecule has 1 fully saturated rings. The fraction of sp³-hybridized carbons (Fsp3) is 0.556. The van der Waals surface area contributed by atoms with Gasteiger partial charge < -0.3 is 10.1 Å². The SMILES string of the molecule is CC(C)CC(=O)NCC1CN(c2ccc(C(C)C)cc2)C(=O)O1. The summed E-state index contributed by atoms with van der Waals surface area (Å²) in [5.41, 5.74) is 2.06. The molecule has 1 atom stereocenters. The first kappa shape index (κ1) is 17.3. The summed E-state index contributed by atoms with van der Waals surface area (Å²) < 4.78 is 5.33. The van der Waals surface area contributed by atoms with Crippen molar-refractivity contribution in [2.75, 3.05) is 18.0 Å². The van der Waals surface area contributed by atoms with Crippen LogP contribution < -0.4 is 10.2 Å². The maximum absolute atomic E-state index is 12.0. The third kappa shape index (κ3) is 4.71. The molecule has 0 bridgehead atoms. The Hall–Kier alpha value is -2.04. The van der Waals surface area contributed by atoms with E-state index in [9.17, 15) is 9.59 Å². The lowest BCUT2D eigenvalue weighted by Crippen LogP contribution is -2.35. The van der Waals surface area contributed by atoms with Crippen LogP contribution in [0.3, 0.4) is 0 Å². The molecule has 1 unspecified atom stereocenters. The number of nitrogens with one attached hydrogen (secondary N) is 1. The monoisotopic (exact) mass is 318 g/mol. The topological polar surface area (TPSA) is 58.6 Å². The molecule has 0 saturated carbocycles. The van der Waals surface area contributed by atoms with E-state index in [-0.39, 0.29) is 18.1 Å². The van der Waals surface area contributed by atoms with Gasteiger partial charge >= 0.3 is 6.09 Å². The number of hydrogen-bond acceptors (Lipinski definition) is 3. The summed E-state index contributed by atoms with van der Waals surface area (Å²) in [6.07, 6.45) is -0.171. The Morgan fingerprint density at radius 1 is 1.26 bits per heavy atom. The predicted molar refractivity (Wildman–Crippen MR) is 90.6 cm³/mol. The number of nitrogens with zero attached hydrogens (tertiary/aromatic N) is 1. The van der Waals surface area contributed by atoms with Crippen molar-refractivity contribution < 1.29 is 14.3 Å². The summed E-state index contributed by atoms with van der Waals surface area (Å²) in [5, 5.41) is 2.83. The maximum Gasteiger partial charge on any atom is 0.414 e. The van der Waals surface area contributed by atoms with Crippen LogP contribution in [-0.4, -0.2) is 31.2 Å². The van der Waals surface area contributed by atoms with E-state index < -0.39 is 0 Å². The minimum Gasteiger partial charge on any atom is -0.442 e. The average Bonchev–Trinajstić information content (AvgIpc) is 2.85. The van der Waals surface area contributed by atoms with Crippen LogP contribution in [0.2, 0.25) is 0 Å². The van der Waals surface area contributed by atoms with Crippen LogP contribution in [0.5, 0.6) is 0 Å². The second-order valence-corrected chi connectivity index (χ2v) is 6.76. The maximum atomic E-state index is 12.0. The van der Waals surface area contributed by atoms with Gasteiger partial charge in [-0.15, -0.1) is 0 Å². The fourth-order valence-electron chi connectivity index (χ4n) is 2.55. The third-order valence-corrected chi connectivity index (χ3v) is 3.87. The smallest absolute Gasteiger partial charge is 0.414 e. The van der Waals surface area contributed by atoms with E-state index in [4.69, 9.17) is 4.74 Å². The number of carbonyl (C=O) groups excluding carboxylic acids is 2. The molecule has 126 valence electrons. The van der Waals surface area contributed by atoms with Crippen LogP contribution in [0.4, 0.5) is 10.5 Å². The molecule has 1 aliphatic rings. The summed E-state index contributed by atoms with van der Waals surface area (Å²) in [6, 6.07) is 7.95. The van der Waals surface area contributed by atoms with E-state index in [0.717, 1.165) is 5.69 Å². The Bertz CT molecular complexity index is 552. The van der Waals surface area contributed by atoms with Crippen molar-refractivity contribution in [3.05, 3.63) is 29.8 Å². The summed E-state index contributed by atoms with van der Waals surface area (Å²) in [4.78, 5) is 25.3. The molecule has 1 aromatic carbocycles. The number of benzene rings is 1. The van der Waals surface area contributed by atoms with E-state index in [0.29, 0.717) is 31.3 Å². The molecule has 1 heterocycles. The van der Waals surface area contributed by atoms with Crippen molar-refractivity contribution in [2.24, 2.45) is 5.92 Å². The first-order valence-corrected chi connectivity index (χ1v) is 8.21. The number of cyclic esters (lactones) is 1. The molecule has 2 rings (SSSR count). The highest BCUT2D eigenvalue weighted by Gasteiger charge is 2.32. The third-order valence-electron chi connectivity index (χ3n) is 3.87. The van der Waals surface area contributed by atoms with Gasteiger partial charge in [-0.25, -0.2) is 4.79 Å². The number of hydrogen-bond donors (Lipinski definition) is 1. The molecule has 5 heteroatoms. The van der Waals surface area contributed by atoms with Crippen molar-refractivity contribution in [1.29, 1.82) is 0 Å². The van der Waals surface area contributed by atoms with Crippen LogP contribution in [0.15, 0.2) is 24.3 Å². The van der Waals surface area contributed by atoms with Gasteiger partial charge in [0.25, 0.3) is 0 Å². The largest absolute Gasteiger partial charge is 0.442 e. The molecular formula is C18H26N2O3. The van der Waals surface area contributed by atoms with Gasteiger partial charge in [-0.1, -0.05) is 39.8 Å². The Morgan fingerprint density at radius 3 is 2.48 bits per heavy atom.